The van der Waals surface area contributed by atoms with Gasteiger partial charge >= 0.3 is 0 Å². The number of pyridine rings is 2. The van der Waals surface area contributed by atoms with Gasteiger partial charge in [0.05, 0.1) is 5.69 Å². The molecule has 3 nitrogen and oxygen atoms in total. The Kier molecular flexibility index (Phi) is 2.94. The predicted molar refractivity (Wildman–Crippen MR) is 74.6 cm³/mol. The number of benzene rings is 1. The molecule has 0 saturated heterocycles. The number of hydrogen-bond acceptors (Lipinski definition) is 3. The van der Waals surface area contributed by atoms with Crippen LogP contribution >= 0.6 is 0 Å². The van der Waals surface area contributed by atoms with E-state index in [9.17, 15) is 5.11 Å². The largest absolute Gasteiger partial charge is 0.506 e. The number of aromatic hydroxyl groups is 1. The quantitative estimate of drug-likeness (QED) is 0.754. The lowest BCUT2D eigenvalue weighted by molar-refractivity contribution is 0.475. The van der Waals surface area contributed by atoms with E-state index in [1.807, 2.05) is 48.5 Å². The molecular formula is C16H12N2O. The Balaban J connectivity index is 2.04. The predicted octanol–water partition coefficient (Wildman–Crippen LogP) is 3.52. The molecule has 3 rings (SSSR count). The first-order chi connectivity index (χ1) is 9.34. The van der Waals surface area contributed by atoms with E-state index < -0.39 is 0 Å². The third-order valence-electron chi connectivity index (χ3n) is 2.88. The fourth-order valence-corrected chi connectivity index (χ4v) is 1.95. The van der Waals surface area contributed by atoms with Crippen LogP contribution < -0.4 is 0 Å². The highest BCUT2D eigenvalue weighted by molar-refractivity contribution is 5.70. The molecule has 3 heteroatoms. The van der Waals surface area contributed by atoms with Crippen LogP contribution in [0.4, 0.5) is 0 Å². The highest BCUT2D eigenvalue weighted by atomic mass is 16.3. The lowest BCUT2D eigenvalue weighted by Crippen LogP contribution is -1.88. The second-order valence-electron chi connectivity index (χ2n) is 4.17. The zero-order valence-electron chi connectivity index (χ0n) is 10.2. The number of hydrogen-bond donors (Lipinski definition) is 1. The SMILES string of the molecule is Oc1cc(-c2ccccn2)cnc1-c1ccccc1. The van der Waals surface area contributed by atoms with Crippen molar-refractivity contribution in [2.75, 3.05) is 0 Å². The number of nitrogens with zero attached hydrogens (tertiary/aromatic N) is 2. The van der Waals surface area contributed by atoms with Crippen LogP contribution in [0, 0.1) is 0 Å². The van der Waals surface area contributed by atoms with E-state index in [0.29, 0.717) is 5.69 Å². The molecule has 0 spiro atoms. The molecule has 0 aliphatic carbocycles. The molecule has 0 radical (unpaired) electrons. The molecule has 2 heterocycles. The standard InChI is InChI=1S/C16H12N2O/c19-15-10-13(14-8-4-5-9-17-14)11-18-16(15)12-6-2-1-3-7-12/h1-11,19H. The van der Waals surface area contributed by atoms with Crippen LogP contribution in [0.2, 0.25) is 0 Å². The molecule has 0 saturated carbocycles. The Morgan fingerprint density at radius 3 is 2.26 bits per heavy atom. The summed E-state index contributed by atoms with van der Waals surface area (Å²) in [7, 11) is 0. The third-order valence-corrected chi connectivity index (χ3v) is 2.88. The fraction of sp³-hybridized carbons (Fsp3) is 0. The molecule has 0 amide bonds. The van der Waals surface area contributed by atoms with E-state index in [0.717, 1.165) is 16.8 Å². The summed E-state index contributed by atoms with van der Waals surface area (Å²) in [5.41, 5.74) is 3.08. The second kappa shape index (κ2) is 4.90. The van der Waals surface area contributed by atoms with Gasteiger partial charge in [0, 0.05) is 23.5 Å². The van der Waals surface area contributed by atoms with Gasteiger partial charge < -0.3 is 5.11 Å². The molecule has 2 aromatic heterocycles. The molecule has 19 heavy (non-hydrogen) atoms. The first-order valence-corrected chi connectivity index (χ1v) is 6.00. The van der Waals surface area contributed by atoms with Crippen LogP contribution in [0.15, 0.2) is 67.0 Å². The minimum Gasteiger partial charge on any atom is -0.506 e. The van der Waals surface area contributed by atoms with Crippen molar-refractivity contribution in [3.05, 3.63) is 67.0 Å². The van der Waals surface area contributed by atoms with E-state index in [-0.39, 0.29) is 5.75 Å². The van der Waals surface area contributed by atoms with E-state index >= 15 is 0 Å². The summed E-state index contributed by atoms with van der Waals surface area (Å²) in [4.78, 5) is 8.58. The van der Waals surface area contributed by atoms with Crippen molar-refractivity contribution >= 4 is 0 Å². The van der Waals surface area contributed by atoms with Gasteiger partial charge in [-0.3, -0.25) is 9.97 Å². The summed E-state index contributed by atoms with van der Waals surface area (Å²) in [6, 6.07) is 17.0. The summed E-state index contributed by atoms with van der Waals surface area (Å²) in [6.45, 7) is 0. The van der Waals surface area contributed by atoms with Crippen molar-refractivity contribution in [3.8, 4) is 28.3 Å². The van der Waals surface area contributed by atoms with E-state index in [2.05, 4.69) is 9.97 Å². The smallest absolute Gasteiger partial charge is 0.142 e. The molecule has 0 bridgehead atoms. The zero-order valence-corrected chi connectivity index (χ0v) is 10.2. The van der Waals surface area contributed by atoms with Crippen molar-refractivity contribution in [2.24, 2.45) is 0 Å². The van der Waals surface area contributed by atoms with Gasteiger partial charge in [-0.1, -0.05) is 36.4 Å². The normalized spacial score (nSPS) is 10.3. The van der Waals surface area contributed by atoms with Gasteiger partial charge in [0.2, 0.25) is 0 Å². The lowest BCUT2D eigenvalue weighted by atomic mass is 10.1. The van der Waals surface area contributed by atoms with Crippen LogP contribution in [0.25, 0.3) is 22.5 Å². The highest BCUT2D eigenvalue weighted by Gasteiger charge is 2.08. The molecule has 0 atom stereocenters. The van der Waals surface area contributed by atoms with Crippen molar-refractivity contribution in [1.29, 1.82) is 0 Å². The highest BCUT2D eigenvalue weighted by Crippen LogP contribution is 2.30. The molecule has 1 N–H and O–H groups in total. The van der Waals surface area contributed by atoms with Crippen LogP contribution in [-0.2, 0) is 0 Å². The van der Waals surface area contributed by atoms with E-state index in [1.165, 1.54) is 0 Å². The number of aromatic nitrogens is 2. The van der Waals surface area contributed by atoms with Gasteiger partial charge in [0.15, 0.2) is 0 Å². The lowest BCUT2D eigenvalue weighted by Gasteiger charge is -2.06. The first-order valence-electron chi connectivity index (χ1n) is 6.00. The van der Waals surface area contributed by atoms with Crippen LogP contribution in [0.1, 0.15) is 0 Å². The average Bonchev–Trinajstić information content (AvgIpc) is 2.49. The van der Waals surface area contributed by atoms with Gasteiger partial charge in [-0.15, -0.1) is 0 Å². The van der Waals surface area contributed by atoms with Crippen molar-refractivity contribution in [3.63, 3.8) is 0 Å². The molecule has 0 unspecified atom stereocenters. The fourth-order valence-electron chi connectivity index (χ4n) is 1.95. The monoisotopic (exact) mass is 248 g/mol. The van der Waals surface area contributed by atoms with Gasteiger partial charge in [-0.05, 0) is 18.2 Å². The molecule has 0 fully saturated rings. The molecule has 1 aromatic carbocycles. The van der Waals surface area contributed by atoms with Gasteiger partial charge in [0.25, 0.3) is 0 Å². The second-order valence-corrected chi connectivity index (χ2v) is 4.17. The summed E-state index contributed by atoms with van der Waals surface area (Å²) < 4.78 is 0. The molecule has 3 aromatic rings. The zero-order chi connectivity index (χ0) is 13.1. The minimum atomic E-state index is 0.161. The summed E-state index contributed by atoms with van der Waals surface area (Å²) in [5.74, 6) is 0.161. The molecule has 0 aliphatic heterocycles. The Bertz CT molecular complexity index is 682. The van der Waals surface area contributed by atoms with Gasteiger partial charge in [-0.2, -0.15) is 0 Å². The van der Waals surface area contributed by atoms with E-state index in [4.69, 9.17) is 0 Å². The van der Waals surface area contributed by atoms with Crippen LogP contribution in [-0.4, -0.2) is 15.1 Å². The minimum absolute atomic E-state index is 0.161. The van der Waals surface area contributed by atoms with E-state index in [1.54, 1.807) is 18.5 Å². The van der Waals surface area contributed by atoms with Gasteiger partial charge in [0.1, 0.15) is 11.4 Å². The maximum atomic E-state index is 10.1. The topological polar surface area (TPSA) is 46.0 Å². The molecular weight excluding hydrogens is 236 g/mol. The Morgan fingerprint density at radius 1 is 0.789 bits per heavy atom. The summed E-state index contributed by atoms with van der Waals surface area (Å²) in [6.07, 6.45) is 3.45. The van der Waals surface area contributed by atoms with Gasteiger partial charge in [-0.25, -0.2) is 0 Å². The Labute approximate surface area is 111 Å². The summed E-state index contributed by atoms with van der Waals surface area (Å²) in [5, 5.41) is 10.1. The molecule has 92 valence electrons. The first kappa shape index (κ1) is 11.4. The maximum Gasteiger partial charge on any atom is 0.142 e. The average molecular weight is 248 g/mol. The van der Waals surface area contributed by atoms with Crippen molar-refractivity contribution < 1.29 is 5.11 Å². The summed E-state index contributed by atoms with van der Waals surface area (Å²) >= 11 is 0. The maximum absolute atomic E-state index is 10.1. The van der Waals surface area contributed by atoms with Crippen molar-refractivity contribution in [2.45, 2.75) is 0 Å². The number of rotatable bonds is 2. The molecule has 0 aliphatic rings. The van der Waals surface area contributed by atoms with Crippen LogP contribution in [0.5, 0.6) is 5.75 Å². The van der Waals surface area contributed by atoms with Crippen LogP contribution in [0.3, 0.4) is 0 Å². The van der Waals surface area contributed by atoms with Crippen molar-refractivity contribution in [1.82, 2.24) is 9.97 Å². The Morgan fingerprint density at radius 2 is 1.58 bits per heavy atom. The third kappa shape index (κ3) is 2.31. The Hall–Kier alpha value is -2.68.